The summed E-state index contributed by atoms with van der Waals surface area (Å²) >= 11 is 5.65. The third kappa shape index (κ3) is 4.03. The Bertz CT molecular complexity index is 333. The Kier molecular flexibility index (Phi) is 5.67. The van der Waals surface area contributed by atoms with Crippen LogP contribution in [0, 0.1) is 0 Å². The minimum absolute atomic E-state index is 0. The Morgan fingerprint density at radius 1 is 1.40 bits per heavy atom. The van der Waals surface area contributed by atoms with Crippen molar-refractivity contribution in [3.8, 4) is 5.75 Å². The molecule has 0 aliphatic rings. The summed E-state index contributed by atoms with van der Waals surface area (Å²) in [5.74, 6) is 0.331. The summed E-state index contributed by atoms with van der Waals surface area (Å²) in [5.41, 5.74) is -0.293. The average molecular weight is 225 g/mol. The van der Waals surface area contributed by atoms with E-state index < -0.39 is 6.75 Å². The molecule has 8 heteroatoms. The van der Waals surface area contributed by atoms with Crippen LogP contribution < -0.4 is 29.2 Å². The molecule has 0 fully saturated rings. The van der Waals surface area contributed by atoms with Gasteiger partial charge in [-0.2, -0.15) is 0 Å². The van der Waals surface area contributed by atoms with Gasteiger partial charge in [0.1, 0.15) is 0 Å². The molecule has 1 heterocycles. The molecule has 1 aromatic rings. The van der Waals surface area contributed by atoms with E-state index in [0.717, 1.165) is 0 Å². The first-order chi connectivity index (χ1) is 6.45. The van der Waals surface area contributed by atoms with Crippen LogP contribution in [-0.4, -0.2) is 33.4 Å². The Hall–Kier alpha value is -0.218. The van der Waals surface area contributed by atoms with E-state index in [-0.39, 0.29) is 29.6 Å². The zero-order chi connectivity index (χ0) is 10.8. The Labute approximate surface area is 104 Å². The molecular formula is C7H10BClLiNO4. The summed E-state index contributed by atoms with van der Waals surface area (Å²) in [6.45, 7) is -1.40. The summed E-state index contributed by atoms with van der Waals surface area (Å²) in [4.78, 5) is 3.58. The smallest absolute Gasteiger partial charge is 0.555 e. The molecule has 0 saturated carbocycles. The summed E-state index contributed by atoms with van der Waals surface area (Å²) in [7, 11) is 0. The van der Waals surface area contributed by atoms with Gasteiger partial charge in [-0.25, -0.2) is 0 Å². The molecule has 1 rings (SSSR count). The molecule has 1 aromatic heterocycles. The van der Waals surface area contributed by atoms with E-state index in [1.54, 1.807) is 6.92 Å². The quantitative estimate of drug-likeness (QED) is 0.364. The molecule has 0 aliphatic carbocycles. The third-order valence-corrected chi connectivity index (χ3v) is 1.80. The Morgan fingerprint density at radius 2 is 2.00 bits per heavy atom. The summed E-state index contributed by atoms with van der Waals surface area (Å²) < 4.78 is 5.07. The number of aromatic nitrogens is 1. The summed E-state index contributed by atoms with van der Waals surface area (Å²) in [5, 5.41) is 26.5. The Balaban J connectivity index is 0.00000196. The second kappa shape index (κ2) is 5.75. The molecule has 0 atom stereocenters. The van der Waals surface area contributed by atoms with Crippen molar-refractivity contribution in [2.45, 2.75) is 6.92 Å². The molecule has 0 aliphatic heterocycles. The minimum Gasteiger partial charge on any atom is -0.555 e. The molecule has 0 radical (unpaired) electrons. The van der Waals surface area contributed by atoms with Crippen LogP contribution >= 0.6 is 11.6 Å². The van der Waals surface area contributed by atoms with E-state index in [0.29, 0.717) is 12.4 Å². The van der Waals surface area contributed by atoms with Crippen LogP contribution in [0.25, 0.3) is 0 Å². The molecule has 0 aromatic carbocycles. The number of pyridine rings is 1. The van der Waals surface area contributed by atoms with Crippen molar-refractivity contribution >= 4 is 23.9 Å². The van der Waals surface area contributed by atoms with Gasteiger partial charge in [0.15, 0.2) is 10.9 Å². The number of nitrogens with zero attached hydrogens (tertiary/aromatic N) is 1. The maximum atomic E-state index is 8.85. The normalized spacial score (nSPS) is 10.7. The first kappa shape index (κ1) is 14.8. The van der Waals surface area contributed by atoms with Crippen LogP contribution in [0.4, 0.5) is 0 Å². The van der Waals surface area contributed by atoms with Crippen LogP contribution in [0.3, 0.4) is 0 Å². The fraction of sp³-hybridized carbons (Fsp3) is 0.286. The molecule has 0 saturated heterocycles. The van der Waals surface area contributed by atoms with Crippen LogP contribution in [-0.2, 0) is 0 Å². The largest absolute Gasteiger partial charge is 1.00 e. The minimum atomic E-state index is -3.60. The maximum Gasteiger partial charge on any atom is 1.00 e. The van der Waals surface area contributed by atoms with Gasteiger partial charge in [0, 0.05) is 0 Å². The number of hydrogen-bond acceptors (Lipinski definition) is 5. The first-order valence-electron chi connectivity index (χ1n) is 4.06. The predicted molar refractivity (Wildman–Crippen MR) is 52.5 cm³/mol. The average Bonchev–Trinajstić information content (AvgIpc) is 2.07. The molecule has 0 unspecified atom stereocenters. The molecule has 0 spiro atoms. The second-order valence-electron chi connectivity index (χ2n) is 2.69. The van der Waals surface area contributed by atoms with Crippen molar-refractivity contribution in [1.82, 2.24) is 4.98 Å². The Morgan fingerprint density at radius 3 is 2.40 bits per heavy atom. The molecular weight excluding hydrogens is 215 g/mol. The second-order valence-corrected chi connectivity index (χ2v) is 3.05. The van der Waals surface area contributed by atoms with Gasteiger partial charge in [-0.05, 0) is 18.6 Å². The van der Waals surface area contributed by atoms with Crippen molar-refractivity contribution in [2.75, 3.05) is 6.61 Å². The number of rotatable bonds is 3. The van der Waals surface area contributed by atoms with Gasteiger partial charge in [0.05, 0.1) is 6.61 Å². The fourth-order valence-corrected chi connectivity index (χ4v) is 1.13. The third-order valence-electron chi connectivity index (χ3n) is 1.53. The van der Waals surface area contributed by atoms with Crippen LogP contribution in [0.5, 0.6) is 5.75 Å². The molecule has 15 heavy (non-hydrogen) atoms. The zero-order valence-electron chi connectivity index (χ0n) is 8.51. The van der Waals surface area contributed by atoms with Crippen molar-refractivity contribution < 1.29 is 38.7 Å². The standard InChI is InChI=1S/C7H10BClNO4.Li/c1-2-14-5-3-4-6(8(11,12)13)10-7(5)9;/h3-4,11-13H,2H2,1H3;/q-1;+1. The molecule has 78 valence electrons. The van der Waals surface area contributed by atoms with Crippen molar-refractivity contribution in [3.05, 3.63) is 17.3 Å². The van der Waals surface area contributed by atoms with Crippen LogP contribution in [0.15, 0.2) is 12.1 Å². The molecule has 0 amide bonds. The fourth-order valence-electron chi connectivity index (χ4n) is 0.914. The maximum absolute atomic E-state index is 8.85. The van der Waals surface area contributed by atoms with E-state index in [1.807, 2.05) is 0 Å². The van der Waals surface area contributed by atoms with Crippen LogP contribution in [0.1, 0.15) is 6.92 Å². The van der Waals surface area contributed by atoms with Gasteiger partial charge in [-0.1, -0.05) is 17.7 Å². The number of halogens is 1. The van der Waals surface area contributed by atoms with Crippen LogP contribution in [0.2, 0.25) is 5.15 Å². The number of hydrogen-bond donors (Lipinski definition) is 3. The SMILES string of the molecule is CCOc1ccc([B-](O)(O)O)nc1Cl.[Li+]. The molecule has 0 bridgehead atoms. The van der Waals surface area contributed by atoms with Gasteiger partial charge >= 0.3 is 25.6 Å². The molecule has 3 N–H and O–H groups in total. The van der Waals surface area contributed by atoms with E-state index in [4.69, 9.17) is 31.4 Å². The van der Waals surface area contributed by atoms with Crippen molar-refractivity contribution in [1.29, 1.82) is 0 Å². The van der Waals surface area contributed by atoms with E-state index >= 15 is 0 Å². The monoisotopic (exact) mass is 225 g/mol. The van der Waals surface area contributed by atoms with Gasteiger partial charge in [0.25, 0.3) is 0 Å². The van der Waals surface area contributed by atoms with Crippen molar-refractivity contribution in [2.24, 2.45) is 0 Å². The zero-order valence-corrected chi connectivity index (χ0v) is 9.27. The first-order valence-corrected chi connectivity index (χ1v) is 4.44. The van der Waals surface area contributed by atoms with Crippen molar-refractivity contribution in [3.63, 3.8) is 0 Å². The topological polar surface area (TPSA) is 82.8 Å². The van der Waals surface area contributed by atoms with E-state index in [1.165, 1.54) is 12.1 Å². The van der Waals surface area contributed by atoms with Gasteiger partial charge in [-0.15, -0.1) is 0 Å². The van der Waals surface area contributed by atoms with E-state index in [2.05, 4.69) is 4.98 Å². The van der Waals surface area contributed by atoms with Gasteiger partial charge in [-0.3, -0.25) is 4.98 Å². The van der Waals surface area contributed by atoms with Gasteiger partial charge < -0.3 is 19.8 Å². The van der Waals surface area contributed by atoms with Gasteiger partial charge in [0.2, 0.25) is 0 Å². The van der Waals surface area contributed by atoms with E-state index in [9.17, 15) is 0 Å². The number of ether oxygens (including phenoxy) is 1. The molecule has 5 nitrogen and oxygen atoms in total. The summed E-state index contributed by atoms with van der Waals surface area (Å²) in [6.07, 6.45) is 0. The summed E-state index contributed by atoms with van der Waals surface area (Å²) in [6, 6.07) is 2.64. The predicted octanol–water partition coefficient (Wildman–Crippen LogP) is -3.74.